The van der Waals surface area contributed by atoms with Crippen LogP contribution in [0.2, 0.25) is 0 Å². The van der Waals surface area contributed by atoms with Crippen LogP contribution in [0.3, 0.4) is 0 Å². The third-order valence-corrected chi connectivity index (χ3v) is 11.0. The molecule has 0 bridgehead atoms. The smallest absolute Gasteiger partial charge is 0.231 e. The summed E-state index contributed by atoms with van der Waals surface area (Å²) in [5.74, 6) is 0.629. The standard InChI is InChI=1S/C50H29N3O2/c1-3-14-31(15-4-1)47-46-38-29-33(24-28-43(38)55-50(46)52-49(51-47)32-16-5-2-6-17-32)35-25-27-41(45-37-20-10-12-22-42(37)54-48(35)45)53-39-21-11-9-19-36(39)44-34-18-8-7-13-30(34)23-26-40(44)53/h1-29H. The second kappa shape index (κ2) is 11.5. The maximum Gasteiger partial charge on any atom is 0.231 e. The van der Waals surface area contributed by atoms with Crippen molar-refractivity contribution in [2.45, 2.75) is 0 Å². The van der Waals surface area contributed by atoms with Gasteiger partial charge >= 0.3 is 0 Å². The number of benzene rings is 8. The molecule has 0 saturated carbocycles. The van der Waals surface area contributed by atoms with Crippen molar-refractivity contribution in [2.75, 3.05) is 0 Å². The van der Waals surface area contributed by atoms with Crippen LogP contribution in [0.1, 0.15) is 0 Å². The van der Waals surface area contributed by atoms with E-state index in [1.54, 1.807) is 0 Å². The summed E-state index contributed by atoms with van der Waals surface area (Å²) >= 11 is 0. The molecule has 12 rings (SSSR count). The van der Waals surface area contributed by atoms with Gasteiger partial charge in [-0.1, -0.05) is 133 Å². The summed E-state index contributed by atoms with van der Waals surface area (Å²) in [6.07, 6.45) is 0. The Balaban J connectivity index is 1.13. The number of furan rings is 2. The first kappa shape index (κ1) is 30.0. The molecule has 0 unspecified atom stereocenters. The van der Waals surface area contributed by atoms with E-state index in [1.807, 2.05) is 60.7 Å². The van der Waals surface area contributed by atoms with E-state index in [0.29, 0.717) is 11.5 Å². The van der Waals surface area contributed by atoms with E-state index in [9.17, 15) is 0 Å². The van der Waals surface area contributed by atoms with Crippen molar-refractivity contribution in [3.05, 3.63) is 176 Å². The fourth-order valence-corrected chi connectivity index (χ4v) is 8.59. The SMILES string of the molecule is c1ccc(-c2nc(-c3ccccc3)c3c(n2)oc2ccc(-c4ccc(-n5c6ccccc6c6c7ccccc7ccc65)c5c4oc4ccccc45)cc23)cc1. The van der Waals surface area contributed by atoms with Gasteiger partial charge in [0.25, 0.3) is 0 Å². The van der Waals surface area contributed by atoms with Crippen LogP contribution in [-0.2, 0) is 0 Å². The fraction of sp³-hybridized carbons (Fsp3) is 0. The predicted molar refractivity (Wildman–Crippen MR) is 225 cm³/mol. The van der Waals surface area contributed by atoms with Crippen molar-refractivity contribution in [3.63, 3.8) is 0 Å². The lowest BCUT2D eigenvalue weighted by molar-refractivity contribution is 0.653. The maximum absolute atomic E-state index is 6.85. The first-order chi connectivity index (χ1) is 27.3. The van der Waals surface area contributed by atoms with Crippen LogP contribution in [0, 0.1) is 0 Å². The Labute approximate surface area is 314 Å². The van der Waals surface area contributed by atoms with Crippen LogP contribution in [0.5, 0.6) is 0 Å². The molecule has 5 heteroatoms. The van der Waals surface area contributed by atoms with E-state index in [4.69, 9.17) is 18.8 Å². The van der Waals surface area contributed by atoms with Crippen LogP contribution >= 0.6 is 0 Å². The van der Waals surface area contributed by atoms with E-state index in [0.717, 1.165) is 83.0 Å². The van der Waals surface area contributed by atoms with Gasteiger partial charge in [0.05, 0.1) is 33.2 Å². The second-order valence-corrected chi connectivity index (χ2v) is 14.1. The molecule has 0 amide bonds. The Morgan fingerprint density at radius 1 is 0.418 bits per heavy atom. The van der Waals surface area contributed by atoms with Gasteiger partial charge in [-0.15, -0.1) is 0 Å². The van der Waals surface area contributed by atoms with Crippen molar-refractivity contribution in [1.29, 1.82) is 0 Å². The van der Waals surface area contributed by atoms with Gasteiger partial charge in [0.2, 0.25) is 5.71 Å². The topological polar surface area (TPSA) is 57.0 Å². The summed E-state index contributed by atoms with van der Waals surface area (Å²) in [5, 5.41) is 8.94. The zero-order valence-electron chi connectivity index (χ0n) is 29.4. The van der Waals surface area contributed by atoms with E-state index in [2.05, 4.69) is 120 Å². The zero-order valence-corrected chi connectivity index (χ0v) is 29.4. The zero-order chi connectivity index (χ0) is 36.0. The Hall–Kier alpha value is -7.50. The fourth-order valence-electron chi connectivity index (χ4n) is 8.59. The molecule has 0 saturated heterocycles. The summed E-state index contributed by atoms with van der Waals surface area (Å²) in [7, 11) is 0. The molecule has 0 spiro atoms. The average Bonchev–Trinajstić information content (AvgIpc) is 3.93. The predicted octanol–water partition coefficient (Wildman–Crippen LogP) is 13.5. The molecule has 0 aliphatic carbocycles. The number of hydrogen-bond acceptors (Lipinski definition) is 4. The normalized spacial score (nSPS) is 12.0. The number of rotatable bonds is 4. The molecule has 0 atom stereocenters. The molecule has 5 nitrogen and oxygen atoms in total. The molecule has 256 valence electrons. The lowest BCUT2D eigenvalue weighted by Gasteiger charge is -2.12. The molecule has 12 aromatic rings. The number of para-hydroxylation sites is 2. The van der Waals surface area contributed by atoms with Crippen molar-refractivity contribution in [3.8, 4) is 39.5 Å². The van der Waals surface area contributed by atoms with E-state index >= 15 is 0 Å². The minimum absolute atomic E-state index is 0.558. The van der Waals surface area contributed by atoms with Gasteiger partial charge in [-0.3, -0.25) is 0 Å². The highest BCUT2D eigenvalue weighted by atomic mass is 16.3. The number of fused-ring (bicyclic) bond motifs is 11. The third kappa shape index (κ3) is 4.41. The summed E-state index contributed by atoms with van der Waals surface area (Å²) in [6.45, 7) is 0. The summed E-state index contributed by atoms with van der Waals surface area (Å²) in [6, 6.07) is 61.4. The van der Waals surface area contributed by atoms with Gasteiger partial charge in [0.15, 0.2) is 5.82 Å². The second-order valence-electron chi connectivity index (χ2n) is 14.1. The van der Waals surface area contributed by atoms with Crippen LogP contribution in [0.4, 0.5) is 0 Å². The molecule has 8 aromatic carbocycles. The summed E-state index contributed by atoms with van der Waals surface area (Å²) in [5.41, 5.74) is 11.2. The lowest BCUT2D eigenvalue weighted by atomic mass is 9.98. The van der Waals surface area contributed by atoms with Crippen LogP contribution < -0.4 is 0 Å². The molecular weight excluding hydrogens is 675 g/mol. The first-order valence-electron chi connectivity index (χ1n) is 18.5. The molecule has 0 N–H and O–H groups in total. The van der Waals surface area contributed by atoms with Crippen molar-refractivity contribution >= 4 is 76.6 Å². The van der Waals surface area contributed by atoms with Crippen LogP contribution in [-0.4, -0.2) is 14.5 Å². The summed E-state index contributed by atoms with van der Waals surface area (Å²) in [4.78, 5) is 10.1. The molecule has 0 radical (unpaired) electrons. The van der Waals surface area contributed by atoms with Crippen molar-refractivity contribution in [1.82, 2.24) is 14.5 Å². The van der Waals surface area contributed by atoms with Gasteiger partial charge in [0.1, 0.15) is 16.7 Å². The number of hydrogen-bond donors (Lipinski definition) is 0. The molecule has 0 aliphatic rings. The lowest BCUT2D eigenvalue weighted by Crippen LogP contribution is -1.95. The highest BCUT2D eigenvalue weighted by Gasteiger charge is 2.23. The third-order valence-electron chi connectivity index (χ3n) is 11.0. The molecule has 55 heavy (non-hydrogen) atoms. The highest BCUT2D eigenvalue weighted by Crippen LogP contribution is 2.45. The Morgan fingerprint density at radius 2 is 1.13 bits per heavy atom. The molecule has 4 aromatic heterocycles. The minimum atomic E-state index is 0.558. The number of aromatic nitrogens is 3. The number of nitrogens with zero attached hydrogens (tertiary/aromatic N) is 3. The average molecular weight is 704 g/mol. The highest BCUT2D eigenvalue weighted by molar-refractivity contribution is 6.23. The van der Waals surface area contributed by atoms with E-state index in [1.165, 1.54) is 21.5 Å². The maximum atomic E-state index is 6.85. The van der Waals surface area contributed by atoms with Gasteiger partial charge < -0.3 is 13.4 Å². The molecular formula is C50H29N3O2. The molecule has 0 fully saturated rings. The van der Waals surface area contributed by atoms with Crippen molar-refractivity contribution < 1.29 is 8.83 Å². The van der Waals surface area contributed by atoms with Crippen LogP contribution in [0.25, 0.3) is 116 Å². The van der Waals surface area contributed by atoms with Gasteiger partial charge in [-0.2, -0.15) is 4.98 Å². The Kier molecular flexibility index (Phi) is 6.27. The minimum Gasteiger partial charge on any atom is -0.455 e. The first-order valence-corrected chi connectivity index (χ1v) is 18.5. The monoisotopic (exact) mass is 703 g/mol. The molecule has 4 heterocycles. The van der Waals surface area contributed by atoms with E-state index < -0.39 is 0 Å². The Bertz CT molecular complexity index is 3480. The van der Waals surface area contributed by atoms with Gasteiger partial charge in [0, 0.05) is 38.2 Å². The largest absolute Gasteiger partial charge is 0.455 e. The molecule has 0 aliphatic heterocycles. The quantitative estimate of drug-likeness (QED) is 0.183. The Morgan fingerprint density at radius 3 is 1.98 bits per heavy atom. The van der Waals surface area contributed by atoms with Crippen LogP contribution in [0.15, 0.2) is 185 Å². The van der Waals surface area contributed by atoms with Gasteiger partial charge in [-0.25, -0.2) is 4.98 Å². The van der Waals surface area contributed by atoms with Gasteiger partial charge in [-0.05, 0) is 58.8 Å². The van der Waals surface area contributed by atoms with E-state index in [-0.39, 0.29) is 0 Å². The summed E-state index contributed by atoms with van der Waals surface area (Å²) < 4.78 is 15.8. The van der Waals surface area contributed by atoms with Crippen molar-refractivity contribution in [2.24, 2.45) is 0 Å².